The maximum Gasteiger partial charge on any atom is 0.231 e. The molecule has 0 atom stereocenters. The van der Waals surface area contributed by atoms with Crippen molar-refractivity contribution >= 4 is 22.9 Å². The Morgan fingerprint density at radius 2 is 1.89 bits per heavy atom. The molecule has 1 aromatic rings. The van der Waals surface area contributed by atoms with Crippen LogP contribution in [0.1, 0.15) is 32.1 Å². The molecule has 1 aliphatic carbocycles. The predicted molar refractivity (Wildman–Crippen MR) is 75.4 cm³/mol. The number of fused-ring (bicyclic) bond motifs is 1. The molecule has 4 heteroatoms. The Hall–Kier alpha value is -1.29. The molecule has 1 heterocycles. The average Bonchev–Trinajstić information content (AvgIpc) is 2.87. The number of benzene rings is 1. The highest BCUT2D eigenvalue weighted by atomic mass is 32.1. The molecule has 1 N–H and O–H groups in total. The van der Waals surface area contributed by atoms with Crippen LogP contribution in [0.5, 0.6) is 11.5 Å². The maximum atomic E-state index is 5.50. The molecule has 3 rings (SSSR count). The van der Waals surface area contributed by atoms with Crippen LogP contribution in [-0.4, -0.2) is 11.8 Å². The summed E-state index contributed by atoms with van der Waals surface area (Å²) in [5.74, 6) is 2.15. The van der Waals surface area contributed by atoms with Gasteiger partial charge in [0.25, 0.3) is 0 Å². The van der Waals surface area contributed by atoms with Crippen LogP contribution in [0.15, 0.2) is 18.2 Å². The first-order chi connectivity index (χ1) is 8.83. The van der Waals surface area contributed by atoms with Crippen LogP contribution in [0.4, 0.5) is 5.69 Å². The predicted octanol–water partition coefficient (Wildman–Crippen LogP) is 3.73. The fourth-order valence-corrected chi connectivity index (χ4v) is 2.94. The van der Waals surface area contributed by atoms with Gasteiger partial charge in [0, 0.05) is 17.7 Å². The first-order valence-electron chi connectivity index (χ1n) is 6.53. The van der Waals surface area contributed by atoms with Gasteiger partial charge in [-0.1, -0.05) is 31.5 Å². The molecule has 3 nitrogen and oxygen atoms in total. The Morgan fingerprint density at radius 1 is 1.11 bits per heavy atom. The molecular formula is C14H17NO2S. The molecule has 1 saturated carbocycles. The van der Waals surface area contributed by atoms with Crippen molar-refractivity contribution in [1.82, 2.24) is 0 Å². The minimum Gasteiger partial charge on any atom is -0.454 e. The average molecular weight is 263 g/mol. The Labute approximate surface area is 112 Å². The molecule has 1 aromatic carbocycles. The van der Waals surface area contributed by atoms with Gasteiger partial charge in [0.05, 0.1) is 4.99 Å². The van der Waals surface area contributed by atoms with Crippen molar-refractivity contribution < 1.29 is 9.47 Å². The first kappa shape index (κ1) is 11.8. The fourth-order valence-electron chi connectivity index (χ4n) is 2.58. The van der Waals surface area contributed by atoms with Crippen LogP contribution < -0.4 is 14.8 Å². The summed E-state index contributed by atoms with van der Waals surface area (Å²) >= 11 is 5.50. The Balaban J connectivity index is 1.66. The number of hydrogen-bond donors (Lipinski definition) is 1. The van der Waals surface area contributed by atoms with E-state index in [0.29, 0.717) is 12.7 Å². The lowest BCUT2D eigenvalue weighted by Crippen LogP contribution is -2.22. The maximum absolute atomic E-state index is 5.50. The molecule has 0 bridgehead atoms. The third-order valence-corrected chi connectivity index (χ3v) is 4.05. The highest BCUT2D eigenvalue weighted by Gasteiger charge is 2.19. The van der Waals surface area contributed by atoms with Crippen molar-refractivity contribution in [3.8, 4) is 11.5 Å². The summed E-state index contributed by atoms with van der Waals surface area (Å²) in [6.45, 7) is 0.311. The van der Waals surface area contributed by atoms with Gasteiger partial charge in [-0.2, -0.15) is 0 Å². The zero-order chi connectivity index (χ0) is 12.4. The second-order valence-corrected chi connectivity index (χ2v) is 5.33. The van der Waals surface area contributed by atoms with E-state index in [1.165, 1.54) is 32.1 Å². The SMILES string of the molecule is S=C(Nc1ccc2c(c1)OCO2)C1CCCCC1. The van der Waals surface area contributed by atoms with Gasteiger partial charge in [0.1, 0.15) is 0 Å². The molecule has 1 aliphatic heterocycles. The molecule has 96 valence electrons. The van der Waals surface area contributed by atoms with E-state index >= 15 is 0 Å². The molecule has 18 heavy (non-hydrogen) atoms. The summed E-state index contributed by atoms with van der Waals surface area (Å²) in [4.78, 5) is 0.966. The standard InChI is InChI=1S/C14H17NO2S/c18-14(10-4-2-1-3-5-10)15-11-6-7-12-13(8-11)17-9-16-12/h6-8,10H,1-5,9H2,(H,15,18). The van der Waals surface area contributed by atoms with Crippen LogP contribution in [0.2, 0.25) is 0 Å². The van der Waals surface area contributed by atoms with Crippen LogP contribution in [-0.2, 0) is 0 Å². The second-order valence-electron chi connectivity index (χ2n) is 4.89. The van der Waals surface area contributed by atoms with E-state index in [1.54, 1.807) is 0 Å². The van der Waals surface area contributed by atoms with E-state index in [4.69, 9.17) is 21.7 Å². The number of thiocarbonyl (C=S) groups is 1. The fraction of sp³-hybridized carbons (Fsp3) is 0.500. The van der Waals surface area contributed by atoms with Gasteiger partial charge in [0.2, 0.25) is 6.79 Å². The van der Waals surface area contributed by atoms with Gasteiger partial charge in [-0.15, -0.1) is 0 Å². The molecule has 0 radical (unpaired) electrons. The Kier molecular flexibility index (Phi) is 3.37. The number of nitrogens with one attached hydrogen (secondary N) is 1. The van der Waals surface area contributed by atoms with Gasteiger partial charge in [-0.05, 0) is 25.0 Å². The Morgan fingerprint density at radius 3 is 2.72 bits per heavy atom. The quantitative estimate of drug-likeness (QED) is 0.823. The van der Waals surface area contributed by atoms with Crippen molar-refractivity contribution in [2.45, 2.75) is 32.1 Å². The van der Waals surface area contributed by atoms with E-state index in [2.05, 4.69) is 5.32 Å². The molecule has 1 fully saturated rings. The summed E-state index contributed by atoms with van der Waals surface area (Å²) in [5.41, 5.74) is 0.995. The van der Waals surface area contributed by atoms with Crippen molar-refractivity contribution in [1.29, 1.82) is 0 Å². The van der Waals surface area contributed by atoms with Gasteiger partial charge in [0.15, 0.2) is 11.5 Å². The number of hydrogen-bond acceptors (Lipinski definition) is 3. The zero-order valence-corrected chi connectivity index (χ0v) is 11.1. The minimum atomic E-state index is 0.311. The lowest BCUT2D eigenvalue weighted by molar-refractivity contribution is 0.174. The zero-order valence-electron chi connectivity index (χ0n) is 10.3. The third kappa shape index (κ3) is 2.43. The van der Waals surface area contributed by atoms with Gasteiger partial charge in [-0.3, -0.25) is 0 Å². The summed E-state index contributed by atoms with van der Waals surface area (Å²) in [5, 5.41) is 3.34. The summed E-state index contributed by atoms with van der Waals surface area (Å²) in [7, 11) is 0. The van der Waals surface area contributed by atoms with Crippen molar-refractivity contribution in [3.63, 3.8) is 0 Å². The molecule has 0 aromatic heterocycles. The third-order valence-electron chi connectivity index (χ3n) is 3.62. The van der Waals surface area contributed by atoms with Gasteiger partial charge >= 0.3 is 0 Å². The number of ether oxygens (including phenoxy) is 2. The summed E-state index contributed by atoms with van der Waals surface area (Å²) in [6, 6.07) is 5.87. The highest BCUT2D eigenvalue weighted by molar-refractivity contribution is 7.80. The smallest absolute Gasteiger partial charge is 0.231 e. The van der Waals surface area contributed by atoms with E-state index in [-0.39, 0.29) is 0 Å². The van der Waals surface area contributed by atoms with Gasteiger partial charge in [-0.25, -0.2) is 0 Å². The van der Waals surface area contributed by atoms with E-state index < -0.39 is 0 Å². The lowest BCUT2D eigenvalue weighted by Gasteiger charge is -2.23. The molecule has 0 spiro atoms. The second kappa shape index (κ2) is 5.14. The highest BCUT2D eigenvalue weighted by Crippen LogP contribution is 2.34. The molecule has 2 aliphatic rings. The Bertz CT molecular complexity index is 455. The van der Waals surface area contributed by atoms with E-state index in [0.717, 1.165) is 22.2 Å². The van der Waals surface area contributed by atoms with Crippen LogP contribution >= 0.6 is 12.2 Å². The number of rotatable bonds is 2. The van der Waals surface area contributed by atoms with Crippen molar-refractivity contribution in [3.05, 3.63) is 18.2 Å². The topological polar surface area (TPSA) is 30.5 Å². The van der Waals surface area contributed by atoms with E-state index in [9.17, 15) is 0 Å². The molecular weight excluding hydrogens is 246 g/mol. The minimum absolute atomic E-state index is 0.311. The van der Waals surface area contributed by atoms with Crippen LogP contribution in [0, 0.1) is 5.92 Å². The van der Waals surface area contributed by atoms with Crippen molar-refractivity contribution in [2.75, 3.05) is 12.1 Å². The van der Waals surface area contributed by atoms with E-state index in [1.807, 2.05) is 18.2 Å². The molecule has 0 saturated heterocycles. The monoisotopic (exact) mass is 263 g/mol. The van der Waals surface area contributed by atoms with Crippen molar-refractivity contribution in [2.24, 2.45) is 5.92 Å². The largest absolute Gasteiger partial charge is 0.454 e. The summed E-state index contributed by atoms with van der Waals surface area (Å²) in [6.07, 6.45) is 6.39. The van der Waals surface area contributed by atoms with Crippen LogP contribution in [0.25, 0.3) is 0 Å². The van der Waals surface area contributed by atoms with Crippen LogP contribution in [0.3, 0.4) is 0 Å². The molecule has 0 amide bonds. The molecule has 0 unspecified atom stereocenters. The summed E-state index contributed by atoms with van der Waals surface area (Å²) < 4.78 is 10.7. The van der Waals surface area contributed by atoms with Gasteiger partial charge < -0.3 is 14.8 Å². The number of anilines is 1. The lowest BCUT2D eigenvalue weighted by atomic mass is 9.89. The normalized spacial score (nSPS) is 18.7. The first-order valence-corrected chi connectivity index (χ1v) is 6.94.